The first kappa shape index (κ1) is 12.1. The quantitative estimate of drug-likeness (QED) is 0.781. The molecule has 1 saturated heterocycles. The van der Waals surface area contributed by atoms with Gasteiger partial charge in [0.05, 0.1) is 0 Å². The zero-order valence-electron chi connectivity index (χ0n) is 8.48. The molecule has 0 bridgehead atoms. The maximum atomic E-state index is 11.9. The molecular formula is C11H15ClN2O. The highest BCUT2D eigenvalue weighted by Crippen LogP contribution is 2.14. The lowest BCUT2D eigenvalue weighted by Crippen LogP contribution is -2.34. The molecule has 1 fully saturated rings. The summed E-state index contributed by atoms with van der Waals surface area (Å²) in [5.74, 6) is 0.302. The van der Waals surface area contributed by atoms with Gasteiger partial charge in [0.25, 0.3) is 0 Å². The lowest BCUT2D eigenvalue weighted by atomic mass is 9.93. The van der Waals surface area contributed by atoms with Crippen molar-refractivity contribution in [3.05, 3.63) is 30.1 Å². The van der Waals surface area contributed by atoms with Crippen molar-refractivity contribution in [2.45, 2.75) is 12.8 Å². The van der Waals surface area contributed by atoms with Crippen molar-refractivity contribution in [1.82, 2.24) is 10.3 Å². The average molecular weight is 227 g/mol. The summed E-state index contributed by atoms with van der Waals surface area (Å²) in [5.41, 5.74) is 0.598. The van der Waals surface area contributed by atoms with Gasteiger partial charge in [-0.3, -0.25) is 9.78 Å². The van der Waals surface area contributed by atoms with Gasteiger partial charge >= 0.3 is 0 Å². The lowest BCUT2D eigenvalue weighted by molar-refractivity contribution is 0.0894. The Morgan fingerprint density at radius 1 is 1.47 bits per heavy atom. The monoisotopic (exact) mass is 226 g/mol. The van der Waals surface area contributed by atoms with Crippen molar-refractivity contribution in [3.63, 3.8) is 0 Å². The molecule has 1 N–H and O–H groups in total. The molecule has 1 aromatic heterocycles. The molecule has 2 heterocycles. The summed E-state index contributed by atoms with van der Waals surface area (Å²) >= 11 is 0. The van der Waals surface area contributed by atoms with Gasteiger partial charge in [0.15, 0.2) is 5.78 Å². The van der Waals surface area contributed by atoms with Crippen LogP contribution < -0.4 is 5.32 Å². The molecule has 1 aromatic rings. The predicted molar refractivity (Wildman–Crippen MR) is 61.4 cm³/mol. The van der Waals surface area contributed by atoms with Crippen LogP contribution in [-0.2, 0) is 0 Å². The van der Waals surface area contributed by atoms with E-state index in [1.165, 1.54) is 0 Å². The topological polar surface area (TPSA) is 42.0 Å². The van der Waals surface area contributed by atoms with Gasteiger partial charge in [0, 0.05) is 18.7 Å². The highest BCUT2D eigenvalue weighted by atomic mass is 35.5. The highest BCUT2D eigenvalue weighted by molar-refractivity contribution is 5.96. The Balaban J connectivity index is 0.00000112. The summed E-state index contributed by atoms with van der Waals surface area (Å²) in [4.78, 5) is 16.0. The number of halogens is 1. The molecule has 15 heavy (non-hydrogen) atoms. The second kappa shape index (κ2) is 5.83. The Bertz CT molecular complexity index is 310. The van der Waals surface area contributed by atoms with E-state index in [9.17, 15) is 4.79 Å². The number of piperidine rings is 1. The van der Waals surface area contributed by atoms with E-state index in [4.69, 9.17) is 0 Å². The number of nitrogens with zero attached hydrogens (tertiary/aromatic N) is 1. The lowest BCUT2D eigenvalue weighted by Gasteiger charge is -2.20. The summed E-state index contributed by atoms with van der Waals surface area (Å²) in [7, 11) is 0. The van der Waals surface area contributed by atoms with Crippen LogP contribution in [0, 0.1) is 5.92 Å². The number of nitrogens with one attached hydrogen (secondary N) is 1. The van der Waals surface area contributed by atoms with Crippen molar-refractivity contribution >= 4 is 18.2 Å². The van der Waals surface area contributed by atoms with Gasteiger partial charge in [-0.25, -0.2) is 0 Å². The molecule has 4 heteroatoms. The van der Waals surface area contributed by atoms with Gasteiger partial charge in [-0.05, 0) is 31.5 Å². The molecule has 2 rings (SSSR count). The van der Waals surface area contributed by atoms with Crippen LogP contribution in [-0.4, -0.2) is 23.9 Å². The van der Waals surface area contributed by atoms with E-state index >= 15 is 0 Å². The molecule has 0 radical (unpaired) electrons. The van der Waals surface area contributed by atoms with Crippen LogP contribution in [0.3, 0.4) is 0 Å². The van der Waals surface area contributed by atoms with Crippen LogP contribution >= 0.6 is 12.4 Å². The van der Waals surface area contributed by atoms with E-state index in [0.29, 0.717) is 5.69 Å². The summed E-state index contributed by atoms with van der Waals surface area (Å²) < 4.78 is 0. The molecule has 0 saturated carbocycles. The van der Waals surface area contributed by atoms with Crippen LogP contribution in [0.25, 0.3) is 0 Å². The maximum Gasteiger partial charge on any atom is 0.185 e. The van der Waals surface area contributed by atoms with Crippen LogP contribution in [0.15, 0.2) is 24.4 Å². The van der Waals surface area contributed by atoms with Gasteiger partial charge in [-0.2, -0.15) is 0 Å². The number of pyridine rings is 1. The Morgan fingerprint density at radius 3 is 2.93 bits per heavy atom. The SMILES string of the molecule is Cl.O=C(c1ccccn1)C1CCCNC1. The summed E-state index contributed by atoms with van der Waals surface area (Å²) in [6, 6.07) is 5.48. The molecule has 1 aliphatic heterocycles. The van der Waals surface area contributed by atoms with Crippen molar-refractivity contribution < 1.29 is 4.79 Å². The van der Waals surface area contributed by atoms with E-state index < -0.39 is 0 Å². The summed E-state index contributed by atoms with van der Waals surface area (Å²) in [5, 5.41) is 3.24. The largest absolute Gasteiger partial charge is 0.316 e. The molecule has 0 amide bonds. The first-order chi connectivity index (χ1) is 6.88. The number of carbonyl (C=O) groups excluding carboxylic acids is 1. The fourth-order valence-corrected chi connectivity index (χ4v) is 1.79. The minimum absolute atomic E-state index is 0. The number of carbonyl (C=O) groups is 1. The van der Waals surface area contributed by atoms with E-state index in [1.807, 2.05) is 12.1 Å². The molecule has 1 aliphatic rings. The predicted octanol–water partition coefficient (Wildman–Crippen LogP) is 1.69. The Morgan fingerprint density at radius 2 is 2.33 bits per heavy atom. The third-order valence-corrected chi connectivity index (χ3v) is 2.59. The molecule has 1 unspecified atom stereocenters. The Labute approximate surface area is 95.7 Å². The zero-order chi connectivity index (χ0) is 9.80. The minimum Gasteiger partial charge on any atom is -0.316 e. The molecule has 0 aromatic carbocycles. The molecule has 0 spiro atoms. The number of aromatic nitrogens is 1. The zero-order valence-corrected chi connectivity index (χ0v) is 9.30. The fraction of sp³-hybridized carbons (Fsp3) is 0.455. The third kappa shape index (κ3) is 3.01. The standard InChI is InChI=1S/C11H14N2O.ClH/c14-11(9-4-3-6-12-8-9)10-5-1-2-7-13-10;/h1-2,5,7,9,12H,3-4,6,8H2;1H. The number of Topliss-reactive ketones (excluding diaryl/α,β-unsaturated/α-hetero) is 1. The Kier molecular flexibility index (Phi) is 4.72. The maximum absolute atomic E-state index is 11.9. The van der Waals surface area contributed by atoms with Gasteiger partial charge in [-0.1, -0.05) is 6.07 Å². The van der Waals surface area contributed by atoms with Gasteiger partial charge in [-0.15, -0.1) is 12.4 Å². The molecular weight excluding hydrogens is 212 g/mol. The highest BCUT2D eigenvalue weighted by Gasteiger charge is 2.22. The molecule has 1 atom stereocenters. The third-order valence-electron chi connectivity index (χ3n) is 2.59. The molecule has 0 aliphatic carbocycles. The van der Waals surface area contributed by atoms with Crippen molar-refractivity contribution in [1.29, 1.82) is 0 Å². The van der Waals surface area contributed by atoms with E-state index in [1.54, 1.807) is 12.3 Å². The number of hydrogen-bond donors (Lipinski definition) is 1. The van der Waals surface area contributed by atoms with Crippen LogP contribution in [0.5, 0.6) is 0 Å². The Hall–Kier alpha value is -0.930. The number of rotatable bonds is 2. The first-order valence-electron chi connectivity index (χ1n) is 5.04. The van der Waals surface area contributed by atoms with Gasteiger partial charge in [0.1, 0.15) is 5.69 Å². The normalized spacial score (nSPS) is 20.4. The van der Waals surface area contributed by atoms with Crippen molar-refractivity contribution in [2.75, 3.05) is 13.1 Å². The van der Waals surface area contributed by atoms with Gasteiger partial charge < -0.3 is 5.32 Å². The molecule has 82 valence electrons. The molecule has 3 nitrogen and oxygen atoms in total. The van der Waals surface area contributed by atoms with Crippen LogP contribution in [0.1, 0.15) is 23.3 Å². The van der Waals surface area contributed by atoms with Crippen LogP contribution in [0.4, 0.5) is 0 Å². The van der Waals surface area contributed by atoms with E-state index in [-0.39, 0.29) is 24.1 Å². The number of hydrogen-bond acceptors (Lipinski definition) is 3. The van der Waals surface area contributed by atoms with Crippen molar-refractivity contribution in [3.8, 4) is 0 Å². The van der Waals surface area contributed by atoms with E-state index in [0.717, 1.165) is 25.9 Å². The first-order valence-corrected chi connectivity index (χ1v) is 5.04. The average Bonchev–Trinajstić information content (AvgIpc) is 2.30. The minimum atomic E-state index is 0. The van der Waals surface area contributed by atoms with Crippen LogP contribution in [0.2, 0.25) is 0 Å². The number of ketones is 1. The van der Waals surface area contributed by atoms with Gasteiger partial charge in [0.2, 0.25) is 0 Å². The fourth-order valence-electron chi connectivity index (χ4n) is 1.79. The van der Waals surface area contributed by atoms with Crippen molar-refractivity contribution in [2.24, 2.45) is 5.92 Å². The second-order valence-electron chi connectivity index (χ2n) is 3.62. The second-order valence-corrected chi connectivity index (χ2v) is 3.62. The smallest absolute Gasteiger partial charge is 0.185 e. The van der Waals surface area contributed by atoms with E-state index in [2.05, 4.69) is 10.3 Å². The summed E-state index contributed by atoms with van der Waals surface area (Å²) in [6.45, 7) is 1.83. The summed E-state index contributed by atoms with van der Waals surface area (Å²) in [6.07, 6.45) is 3.75.